The molecule has 1 aliphatic heterocycles. The number of piperidine rings is 1. The second-order valence-corrected chi connectivity index (χ2v) is 3.67. The third-order valence-electron chi connectivity index (χ3n) is 2.05. The first kappa shape index (κ1) is 10.2. The number of halogens is 1. The van der Waals surface area contributed by atoms with Gasteiger partial charge in [-0.25, -0.2) is 0 Å². The predicted molar refractivity (Wildman–Crippen MR) is 47.7 cm³/mol. The normalized spacial score (nSPS) is 35.1. The van der Waals surface area contributed by atoms with Gasteiger partial charge in [0.1, 0.15) is 0 Å². The van der Waals surface area contributed by atoms with Crippen LogP contribution in [-0.4, -0.2) is 25.0 Å². The van der Waals surface area contributed by atoms with Crippen LogP contribution < -0.4 is 0 Å². The zero-order valence-corrected chi connectivity index (χ0v) is 7.95. The number of hydrogen-bond donors (Lipinski definition) is 0. The van der Waals surface area contributed by atoms with Crippen LogP contribution in [0.1, 0.15) is 20.3 Å². The van der Waals surface area contributed by atoms with Gasteiger partial charge in [-0.15, -0.1) is 12.4 Å². The van der Waals surface area contributed by atoms with Crippen LogP contribution in [0.5, 0.6) is 0 Å². The van der Waals surface area contributed by atoms with Crippen molar-refractivity contribution in [2.24, 2.45) is 11.8 Å². The average molecular weight is 164 g/mol. The average Bonchev–Trinajstić information content (AvgIpc) is 1.59. The van der Waals surface area contributed by atoms with Crippen LogP contribution in [0.15, 0.2) is 0 Å². The van der Waals surface area contributed by atoms with Gasteiger partial charge in [-0.3, -0.25) is 0 Å². The van der Waals surface area contributed by atoms with Gasteiger partial charge in [0.05, 0.1) is 0 Å². The highest BCUT2D eigenvalue weighted by Crippen LogP contribution is 2.18. The summed E-state index contributed by atoms with van der Waals surface area (Å²) in [6.07, 6.45) is 1.42. The standard InChI is InChI=1S/C8H17N.ClH/c1-7-4-8(2)6-9(3)5-7;/h7-8H,4-6H2,1-3H3;1H/t7-,8-;/m1./s1. The lowest BCUT2D eigenvalue weighted by Crippen LogP contribution is -2.35. The van der Waals surface area contributed by atoms with E-state index in [1.807, 2.05) is 0 Å². The van der Waals surface area contributed by atoms with E-state index in [0.29, 0.717) is 0 Å². The molecule has 0 spiro atoms. The summed E-state index contributed by atoms with van der Waals surface area (Å²) in [5.41, 5.74) is 0. The fourth-order valence-corrected chi connectivity index (χ4v) is 1.97. The number of rotatable bonds is 0. The van der Waals surface area contributed by atoms with E-state index in [4.69, 9.17) is 0 Å². The van der Waals surface area contributed by atoms with E-state index in [0.717, 1.165) is 11.8 Å². The van der Waals surface area contributed by atoms with Gasteiger partial charge < -0.3 is 4.90 Å². The van der Waals surface area contributed by atoms with E-state index in [1.165, 1.54) is 19.5 Å². The predicted octanol–water partition coefficient (Wildman–Crippen LogP) is 2.02. The van der Waals surface area contributed by atoms with Gasteiger partial charge >= 0.3 is 0 Å². The maximum Gasteiger partial charge on any atom is 0.000419 e. The minimum absolute atomic E-state index is 0. The zero-order chi connectivity index (χ0) is 6.85. The van der Waals surface area contributed by atoms with Crippen molar-refractivity contribution < 1.29 is 0 Å². The van der Waals surface area contributed by atoms with E-state index in [9.17, 15) is 0 Å². The molecular formula is C8H18ClN. The third kappa shape index (κ3) is 2.89. The van der Waals surface area contributed by atoms with Gasteiger partial charge in [0, 0.05) is 13.1 Å². The molecule has 10 heavy (non-hydrogen) atoms. The lowest BCUT2D eigenvalue weighted by Gasteiger charge is -2.31. The first-order valence-corrected chi connectivity index (χ1v) is 3.87. The van der Waals surface area contributed by atoms with Gasteiger partial charge in [0.15, 0.2) is 0 Å². The van der Waals surface area contributed by atoms with E-state index in [2.05, 4.69) is 25.8 Å². The molecule has 0 amide bonds. The zero-order valence-electron chi connectivity index (χ0n) is 7.13. The summed E-state index contributed by atoms with van der Waals surface area (Å²) >= 11 is 0. The Morgan fingerprint density at radius 2 is 1.50 bits per heavy atom. The molecule has 1 heterocycles. The second-order valence-electron chi connectivity index (χ2n) is 3.67. The summed E-state index contributed by atoms with van der Waals surface area (Å²) in [6, 6.07) is 0. The SMILES string of the molecule is C[C@@H]1C[C@@H](C)CN(C)C1.Cl. The van der Waals surface area contributed by atoms with E-state index in [1.54, 1.807) is 0 Å². The minimum Gasteiger partial charge on any atom is -0.306 e. The van der Waals surface area contributed by atoms with Crippen LogP contribution in [0, 0.1) is 11.8 Å². The molecule has 0 unspecified atom stereocenters. The summed E-state index contributed by atoms with van der Waals surface area (Å²) in [7, 11) is 2.21. The Hall–Kier alpha value is 0.250. The van der Waals surface area contributed by atoms with Gasteiger partial charge in [0.2, 0.25) is 0 Å². The Kier molecular flexibility index (Phi) is 4.30. The summed E-state index contributed by atoms with van der Waals surface area (Å²) in [6.45, 7) is 7.27. The summed E-state index contributed by atoms with van der Waals surface area (Å²) < 4.78 is 0. The molecule has 0 aromatic carbocycles. The largest absolute Gasteiger partial charge is 0.306 e. The lowest BCUT2D eigenvalue weighted by molar-refractivity contribution is 0.171. The Morgan fingerprint density at radius 1 is 1.10 bits per heavy atom. The van der Waals surface area contributed by atoms with Gasteiger partial charge in [0.25, 0.3) is 0 Å². The monoisotopic (exact) mass is 163 g/mol. The molecule has 1 saturated heterocycles. The first-order chi connectivity index (χ1) is 4.18. The maximum absolute atomic E-state index is 2.43. The highest BCUT2D eigenvalue weighted by Gasteiger charge is 2.17. The Labute approximate surface area is 70.2 Å². The van der Waals surface area contributed by atoms with Crippen molar-refractivity contribution in [3.05, 3.63) is 0 Å². The number of nitrogens with zero attached hydrogens (tertiary/aromatic N) is 1. The van der Waals surface area contributed by atoms with Gasteiger partial charge in [-0.1, -0.05) is 13.8 Å². The van der Waals surface area contributed by atoms with Crippen molar-refractivity contribution in [1.82, 2.24) is 4.90 Å². The minimum atomic E-state index is 0. The van der Waals surface area contributed by atoms with Crippen LogP contribution in [0.25, 0.3) is 0 Å². The van der Waals surface area contributed by atoms with E-state index < -0.39 is 0 Å². The second kappa shape index (κ2) is 4.20. The molecule has 1 nitrogen and oxygen atoms in total. The molecule has 0 radical (unpaired) electrons. The number of likely N-dealkylation sites (tertiary alicyclic amines) is 1. The molecule has 1 aliphatic rings. The third-order valence-corrected chi connectivity index (χ3v) is 2.05. The molecule has 0 saturated carbocycles. The fourth-order valence-electron chi connectivity index (χ4n) is 1.97. The molecule has 0 aromatic rings. The maximum atomic E-state index is 2.43. The van der Waals surface area contributed by atoms with Crippen LogP contribution in [-0.2, 0) is 0 Å². The van der Waals surface area contributed by atoms with E-state index in [-0.39, 0.29) is 12.4 Å². The topological polar surface area (TPSA) is 3.24 Å². The van der Waals surface area contributed by atoms with Crippen molar-refractivity contribution in [2.75, 3.05) is 20.1 Å². The van der Waals surface area contributed by atoms with Crippen molar-refractivity contribution >= 4 is 12.4 Å². The molecule has 62 valence electrons. The molecule has 2 heteroatoms. The van der Waals surface area contributed by atoms with Gasteiger partial charge in [-0.2, -0.15) is 0 Å². The highest BCUT2D eigenvalue weighted by molar-refractivity contribution is 5.85. The lowest BCUT2D eigenvalue weighted by atomic mass is 9.92. The quantitative estimate of drug-likeness (QED) is 0.528. The van der Waals surface area contributed by atoms with Crippen LogP contribution >= 0.6 is 12.4 Å². The van der Waals surface area contributed by atoms with Crippen LogP contribution in [0.2, 0.25) is 0 Å². The smallest absolute Gasteiger partial charge is 0.000419 e. The molecule has 1 fully saturated rings. The molecule has 2 atom stereocenters. The van der Waals surface area contributed by atoms with Crippen molar-refractivity contribution in [3.8, 4) is 0 Å². The van der Waals surface area contributed by atoms with Crippen LogP contribution in [0.4, 0.5) is 0 Å². The molecule has 0 bridgehead atoms. The highest BCUT2D eigenvalue weighted by atomic mass is 35.5. The molecule has 0 N–H and O–H groups in total. The summed E-state index contributed by atoms with van der Waals surface area (Å²) in [4.78, 5) is 2.43. The Bertz CT molecular complexity index is 70.2. The van der Waals surface area contributed by atoms with Crippen molar-refractivity contribution in [1.29, 1.82) is 0 Å². The van der Waals surface area contributed by atoms with E-state index >= 15 is 0 Å². The van der Waals surface area contributed by atoms with Crippen molar-refractivity contribution in [3.63, 3.8) is 0 Å². The molecule has 0 aliphatic carbocycles. The Balaban J connectivity index is 0.000000810. The number of hydrogen-bond acceptors (Lipinski definition) is 1. The summed E-state index contributed by atoms with van der Waals surface area (Å²) in [5, 5.41) is 0. The van der Waals surface area contributed by atoms with Gasteiger partial charge in [-0.05, 0) is 25.3 Å². The van der Waals surface area contributed by atoms with Crippen LogP contribution in [0.3, 0.4) is 0 Å². The molecule has 1 rings (SSSR count). The fraction of sp³-hybridized carbons (Fsp3) is 1.00. The molecular weight excluding hydrogens is 146 g/mol. The summed E-state index contributed by atoms with van der Waals surface area (Å²) in [5.74, 6) is 1.83. The van der Waals surface area contributed by atoms with Crippen molar-refractivity contribution in [2.45, 2.75) is 20.3 Å². The molecule has 0 aromatic heterocycles. The Morgan fingerprint density at radius 3 is 1.80 bits per heavy atom. The first-order valence-electron chi connectivity index (χ1n) is 3.87.